The summed E-state index contributed by atoms with van der Waals surface area (Å²) >= 11 is 8.98. The minimum Gasteiger partial charge on any atom is -0.397 e. The summed E-state index contributed by atoms with van der Waals surface area (Å²) in [5.74, 6) is -0.417. The molecule has 0 unspecified atom stereocenters. The highest BCUT2D eigenvalue weighted by molar-refractivity contribution is 9.10. The summed E-state index contributed by atoms with van der Waals surface area (Å²) in [6, 6.07) is 9.77. The number of nitrogens with two attached hydrogens (primary N) is 1. The molecular formula is C12H9BrClFN2. The molecule has 0 aliphatic heterocycles. The zero-order valence-corrected chi connectivity index (χ0v) is 11.0. The molecule has 0 aliphatic carbocycles. The second kappa shape index (κ2) is 4.94. The fraction of sp³-hybridized carbons (Fsp3) is 0. The first-order chi connectivity index (χ1) is 8.06. The summed E-state index contributed by atoms with van der Waals surface area (Å²) < 4.78 is 14.4. The van der Waals surface area contributed by atoms with Crippen molar-refractivity contribution in [1.29, 1.82) is 0 Å². The molecule has 2 rings (SSSR count). The number of anilines is 3. The van der Waals surface area contributed by atoms with Gasteiger partial charge in [-0.1, -0.05) is 27.5 Å². The van der Waals surface area contributed by atoms with E-state index in [4.69, 9.17) is 17.3 Å². The first-order valence-corrected chi connectivity index (χ1v) is 6.00. The van der Waals surface area contributed by atoms with Gasteiger partial charge in [0.15, 0.2) is 0 Å². The van der Waals surface area contributed by atoms with E-state index < -0.39 is 5.82 Å². The number of nitrogens with one attached hydrogen (secondary N) is 1. The molecule has 17 heavy (non-hydrogen) atoms. The van der Waals surface area contributed by atoms with E-state index in [1.807, 2.05) is 6.07 Å². The molecule has 0 radical (unpaired) electrons. The van der Waals surface area contributed by atoms with Crippen LogP contribution in [0.5, 0.6) is 0 Å². The molecule has 2 aromatic rings. The molecule has 2 aromatic carbocycles. The van der Waals surface area contributed by atoms with Crippen LogP contribution in [-0.2, 0) is 0 Å². The number of hydrogen-bond donors (Lipinski definition) is 2. The molecule has 0 aliphatic rings. The monoisotopic (exact) mass is 314 g/mol. The van der Waals surface area contributed by atoms with E-state index in [9.17, 15) is 4.39 Å². The van der Waals surface area contributed by atoms with E-state index in [0.717, 1.165) is 4.47 Å². The molecule has 0 fully saturated rings. The third kappa shape index (κ3) is 2.90. The molecule has 0 spiro atoms. The van der Waals surface area contributed by atoms with Crippen LogP contribution < -0.4 is 11.1 Å². The van der Waals surface area contributed by atoms with Crippen LogP contribution in [-0.4, -0.2) is 0 Å². The van der Waals surface area contributed by atoms with E-state index in [1.165, 1.54) is 6.07 Å². The van der Waals surface area contributed by atoms with Gasteiger partial charge in [-0.05, 0) is 36.4 Å². The van der Waals surface area contributed by atoms with Gasteiger partial charge in [-0.15, -0.1) is 0 Å². The van der Waals surface area contributed by atoms with Crippen molar-refractivity contribution in [2.24, 2.45) is 0 Å². The Hall–Kier alpha value is -1.26. The molecule has 0 atom stereocenters. The van der Waals surface area contributed by atoms with E-state index in [0.29, 0.717) is 22.1 Å². The van der Waals surface area contributed by atoms with Crippen LogP contribution in [0.2, 0.25) is 5.02 Å². The molecule has 5 heteroatoms. The van der Waals surface area contributed by atoms with Crippen LogP contribution in [0.25, 0.3) is 0 Å². The van der Waals surface area contributed by atoms with Crippen LogP contribution in [0.3, 0.4) is 0 Å². The highest BCUT2D eigenvalue weighted by Crippen LogP contribution is 2.28. The van der Waals surface area contributed by atoms with E-state index in [1.54, 1.807) is 24.3 Å². The average molecular weight is 316 g/mol. The van der Waals surface area contributed by atoms with E-state index in [-0.39, 0.29) is 0 Å². The molecule has 0 aromatic heterocycles. The van der Waals surface area contributed by atoms with E-state index in [2.05, 4.69) is 21.2 Å². The highest BCUT2D eigenvalue weighted by atomic mass is 79.9. The van der Waals surface area contributed by atoms with Crippen LogP contribution in [0.4, 0.5) is 21.5 Å². The van der Waals surface area contributed by atoms with Gasteiger partial charge in [-0.25, -0.2) is 4.39 Å². The smallest absolute Gasteiger partial charge is 0.148 e. The van der Waals surface area contributed by atoms with Crippen molar-refractivity contribution in [3.63, 3.8) is 0 Å². The first kappa shape index (κ1) is 12.2. The van der Waals surface area contributed by atoms with Crippen LogP contribution in [0.15, 0.2) is 40.9 Å². The van der Waals surface area contributed by atoms with Crippen LogP contribution >= 0.6 is 27.5 Å². The lowest BCUT2D eigenvalue weighted by Crippen LogP contribution is -1.98. The Labute approximate surface area is 112 Å². The van der Waals surface area contributed by atoms with Crippen molar-refractivity contribution in [2.45, 2.75) is 0 Å². The fourth-order valence-electron chi connectivity index (χ4n) is 1.38. The summed E-state index contributed by atoms with van der Waals surface area (Å²) in [5.41, 5.74) is 7.33. The molecule has 0 amide bonds. The van der Waals surface area contributed by atoms with Crippen molar-refractivity contribution in [1.82, 2.24) is 0 Å². The van der Waals surface area contributed by atoms with Gasteiger partial charge in [0.25, 0.3) is 0 Å². The van der Waals surface area contributed by atoms with Gasteiger partial charge in [-0.2, -0.15) is 0 Å². The van der Waals surface area contributed by atoms with Crippen LogP contribution in [0.1, 0.15) is 0 Å². The maximum Gasteiger partial charge on any atom is 0.148 e. The van der Waals surface area contributed by atoms with Crippen molar-refractivity contribution in [3.05, 3.63) is 51.7 Å². The maximum atomic E-state index is 13.6. The normalized spacial score (nSPS) is 10.3. The van der Waals surface area contributed by atoms with E-state index >= 15 is 0 Å². The Balaban J connectivity index is 2.31. The zero-order chi connectivity index (χ0) is 12.4. The lowest BCUT2D eigenvalue weighted by molar-refractivity contribution is 0.632. The highest BCUT2D eigenvalue weighted by Gasteiger charge is 2.05. The largest absolute Gasteiger partial charge is 0.397 e. The molecule has 0 bridgehead atoms. The molecule has 0 saturated carbocycles. The molecule has 0 saturated heterocycles. The number of nitrogen functional groups attached to an aromatic ring is 1. The number of rotatable bonds is 2. The van der Waals surface area contributed by atoms with Gasteiger partial charge in [0, 0.05) is 9.50 Å². The number of hydrogen-bond acceptors (Lipinski definition) is 2. The van der Waals surface area contributed by atoms with Crippen molar-refractivity contribution in [3.8, 4) is 0 Å². The predicted molar refractivity (Wildman–Crippen MR) is 73.2 cm³/mol. The molecule has 0 heterocycles. The van der Waals surface area contributed by atoms with Crippen molar-refractivity contribution in [2.75, 3.05) is 11.1 Å². The zero-order valence-electron chi connectivity index (χ0n) is 8.68. The Morgan fingerprint density at radius 1 is 1.12 bits per heavy atom. The SMILES string of the molecule is Nc1cc(Br)ccc1Nc1ccc(Cl)cc1F. The Morgan fingerprint density at radius 2 is 1.82 bits per heavy atom. The Morgan fingerprint density at radius 3 is 2.47 bits per heavy atom. The number of halogens is 3. The topological polar surface area (TPSA) is 38.0 Å². The second-order valence-corrected chi connectivity index (χ2v) is 4.83. The van der Waals surface area contributed by atoms with Gasteiger partial charge < -0.3 is 11.1 Å². The molecule has 3 N–H and O–H groups in total. The van der Waals surface area contributed by atoms with Gasteiger partial charge in [0.05, 0.1) is 17.1 Å². The Kier molecular flexibility index (Phi) is 3.54. The third-order valence-corrected chi connectivity index (χ3v) is 2.94. The predicted octanol–water partition coefficient (Wildman–Crippen LogP) is 4.57. The summed E-state index contributed by atoms with van der Waals surface area (Å²) in [5, 5.41) is 3.27. The summed E-state index contributed by atoms with van der Waals surface area (Å²) in [4.78, 5) is 0. The second-order valence-electron chi connectivity index (χ2n) is 3.48. The quantitative estimate of drug-likeness (QED) is 0.797. The fourth-order valence-corrected chi connectivity index (χ4v) is 1.92. The summed E-state index contributed by atoms with van der Waals surface area (Å²) in [7, 11) is 0. The summed E-state index contributed by atoms with van der Waals surface area (Å²) in [6.07, 6.45) is 0. The van der Waals surface area contributed by atoms with Crippen molar-refractivity contribution < 1.29 is 4.39 Å². The van der Waals surface area contributed by atoms with Gasteiger partial charge in [-0.3, -0.25) is 0 Å². The van der Waals surface area contributed by atoms with Crippen molar-refractivity contribution >= 4 is 44.6 Å². The third-order valence-electron chi connectivity index (χ3n) is 2.21. The lowest BCUT2D eigenvalue weighted by atomic mass is 10.2. The average Bonchev–Trinajstić information content (AvgIpc) is 2.25. The molecule has 2 nitrogen and oxygen atoms in total. The standard InChI is InChI=1S/C12H9BrClFN2/c13-7-1-3-12(10(16)5-7)17-11-4-2-8(14)6-9(11)15/h1-6,17H,16H2. The molecule has 88 valence electrons. The lowest BCUT2D eigenvalue weighted by Gasteiger charge is -2.10. The summed E-state index contributed by atoms with van der Waals surface area (Å²) in [6.45, 7) is 0. The Bertz CT molecular complexity index is 511. The first-order valence-electron chi connectivity index (χ1n) is 4.83. The minimum absolute atomic E-state index is 0.337. The van der Waals surface area contributed by atoms with Gasteiger partial charge in [0.1, 0.15) is 5.82 Å². The van der Waals surface area contributed by atoms with Gasteiger partial charge in [0.2, 0.25) is 0 Å². The number of benzene rings is 2. The maximum absolute atomic E-state index is 13.6. The minimum atomic E-state index is -0.417. The van der Waals surface area contributed by atoms with Crippen LogP contribution in [0, 0.1) is 5.82 Å². The molecular weight excluding hydrogens is 307 g/mol. The van der Waals surface area contributed by atoms with Gasteiger partial charge >= 0.3 is 0 Å².